The molecule has 2 aromatic heterocycles. The fourth-order valence-corrected chi connectivity index (χ4v) is 4.29. The molecule has 0 unspecified atom stereocenters. The van der Waals surface area contributed by atoms with Crippen LogP contribution >= 0.6 is 34.7 Å². The number of thioether (sulfide) groups is 1. The Morgan fingerprint density at radius 1 is 1.35 bits per heavy atom. The van der Waals surface area contributed by atoms with Gasteiger partial charge in [0.25, 0.3) is 0 Å². The molecule has 23 heavy (non-hydrogen) atoms. The van der Waals surface area contributed by atoms with Gasteiger partial charge in [-0.05, 0) is 32.0 Å². The summed E-state index contributed by atoms with van der Waals surface area (Å²) >= 11 is 9.21. The van der Waals surface area contributed by atoms with Crippen molar-refractivity contribution in [1.82, 2.24) is 14.8 Å². The number of thiophene rings is 1. The van der Waals surface area contributed by atoms with Crippen LogP contribution in [-0.2, 0) is 12.3 Å². The fourth-order valence-electron chi connectivity index (χ4n) is 2.26. The van der Waals surface area contributed by atoms with E-state index in [-0.39, 0.29) is 5.82 Å². The second-order valence-electron chi connectivity index (χ2n) is 4.99. The van der Waals surface area contributed by atoms with E-state index in [1.807, 2.05) is 11.5 Å². The first-order valence-corrected chi connectivity index (χ1v) is 9.39. The molecule has 0 fully saturated rings. The molecular weight excluding hydrogens is 353 g/mol. The van der Waals surface area contributed by atoms with E-state index in [2.05, 4.69) is 28.6 Å². The predicted molar refractivity (Wildman–Crippen MR) is 94.7 cm³/mol. The molecule has 0 aliphatic carbocycles. The van der Waals surface area contributed by atoms with Gasteiger partial charge >= 0.3 is 0 Å². The first kappa shape index (κ1) is 16.5. The van der Waals surface area contributed by atoms with Gasteiger partial charge < -0.3 is 4.57 Å². The molecule has 3 nitrogen and oxygen atoms in total. The van der Waals surface area contributed by atoms with E-state index in [9.17, 15) is 4.39 Å². The summed E-state index contributed by atoms with van der Waals surface area (Å²) in [5.74, 6) is 0.979. The first-order chi connectivity index (χ1) is 11.1. The number of rotatable bonds is 5. The summed E-state index contributed by atoms with van der Waals surface area (Å²) in [5.41, 5.74) is 1.57. The summed E-state index contributed by atoms with van der Waals surface area (Å²) in [6.07, 6.45) is 0. The molecule has 120 valence electrons. The lowest BCUT2D eigenvalue weighted by atomic mass is 10.2. The minimum Gasteiger partial charge on any atom is -0.302 e. The maximum Gasteiger partial charge on any atom is 0.191 e. The van der Waals surface area contributed by atoms with E-state index < -0.39 is 0 Å². The summed E-state index contributed by atoms with van der Waals surface area (Å²) in [6, 6.07) is 6.83. The van der Waals surface area contributed by atoms with Crippen LogP contribution in [0.25, 0.3) is 11.4 Å². The van der Waals surface area contributed by atoms with Gasteiger partial charge in [-0.15, -0.1) is 21.5 Å². The zero-order valence-electron chi connectivity index (χ0n) is 12.7. The highest BCUT2D eigenvalue weighted by Gasteiger charge is 2.15. The van der Waals surface area contributed by atoms with E-state index in [0.717, 1.165) is 23.1 Å². The van der Waals surface area contributed by atoms with Crippen molar-refractivity contribution in [2.75, 3.05) is 0 Å². The highest BCUT2D eigenvalue weighted by molar-refractivity contribution is 7.98. The molecule has 0 bridgehead atoms. The molecule has 2 heterocycles. The van der Waals surface area contributed by atoms with Gasteiger partial charge in [-0.1, -0.05) is 29.4 Å². The maximum absolute atomic E-state index is 13.9. The molecule has 0 aliphatic rings. The van der Waals surface area contributed by atoms with Crippen LogP contribution < -0.4 is 0 Å². The molecule has 0 saturated heterocycles. The lowest BCUT2D eigenvalue weighted by molar-refractivity contribution is 0.617. The van der Waals surface area contributed by atoms with Gasteiger partial charge in [-0.3, -0.25) is 0 Å². The summed E-state index contributed by atoms with van der Waals surface area (Å²) in [5, 5.41) is 11.8. The van der Waals surface area contributed by atoms with Crippen molar-refractivity contribution in [2.45, 2.75) is 31.3 Å². The molecule has 0 atom stereocenters. The van der Waals surface area contributed by atoms with Gasteiger partial charge in [-0.25, -0.2) is 4.39 Å². The number of benzene rings is 1. The lowest BCUT2D eigenvalue weighted by Crippen LogP contribution is -1.99. The summed E-state index contributed by atoms with van der Waals surface area (Å²) < 4.78 is 15.9. The standard InChI is InChI=1S/C16H15ClFN3S2/c1-3-21-15(11-7-10(2)22-8-11)19-20-16(21)23-9-12-13(17)5-4-6-14(12)18/h4-8H,3,9H2,1-2H3. The highest BCUT2D eigenvalue weighted by Crippen LogP contribution is 2.31. The third-order valence-electron chi connectivity index (χ3n) is 3.43. The molecule has 0 saturated carbocycles. The minimum atomic E-state index is -0.291. The van der Waals surface area contributed by atoms with Crippen LogP contribution in [0.1, 0.15) is 17.4 Å². The van der Waals surface area contributed by atoms with Crippen LogP contribution in [0.15, 0.2) is 34.8 Å². The molecular formula is C16H15ClFN3S2. The SMILES string of the molecule is CCn1c(SCc2c(F)cccc2Cl)nnc1-c1csc(C)c1. The van der Waals surface area contributed by atoms with Crippen LogP contribution in [-0.4, -0.2) is 14.8 Å². The van der Waals surface area contributed by atoms with Gasteiger partial charge in [0.2, 0.25) is 0 Å². The van der Waals surface area contributed by atoms with E-state index in [4.69, 9.17) is 11.6 Å². The van der Waals surface area contributed by atoms with Crippen molar-refractivity contribution in [3.63, 3.8) is 0 Å². The molecule has 1 aromatic carbocycles. The van der Waals surface area contributed by atoms with Gasteiger partial charge in [0, 0.05) is 38.7 Å². The molecule has 0 N–H and O–H groups in total. The summed E-state index contributed by atoms with van der Waals surface area (Å²) in [7, 11) is 0. The monoisotopic (exact) mass is 367 g/mol. The zero-order chi connectivity index (χ0) is 16.4. The van der Waals surface area contributed by atoms with Crippen molar-refractivity contribution in [1.29, 1.82) is 0 Å². The molecule has 7 heteroatoms. The molecule has 0 amide bonds. The number of hydrogen-bond acceptors (Lipinski definition) is 4. The second kappa shape index (κ2) is 7.03. The quantitative estimate of drug-likeness (QED) is 0.564. The predicted octanol–water partition coefficient (Wildman–Crippen LogP) is 5.42. The van der Waals surface area contributed by atoms with Crippen molar-refractivity contribution >= 4 is 34.7 Å². The smallest absolute Gasteiger partial charge is 0.191 e. The Labute approximate surface area is 147 Å². The summed E-state index contributed by atoms with van der Waals surface area (Å²) in [4.78, 5) is 1.23. The largest absolute Gasteiger partial charge is 0.302 e. The lowest BCUT2D eigenvalue weighted by Gasteiger charge is -2.08. The molecule has 0 aliphatic heterocycles. The third kappa shape index (κ3) is 3.44. The number of hydrogen-bond donors (Lipinski definition) is 0. The summed E-state index contributed by atoms with van der Waals surface area (Å²) in [6.45, 7) is 4.87. The second-order valence-corrected chi connectivity index (χ2v) is 7.45. The Kier molecular flexibility index (Phi) is 5.04. The van der Waals surface area contributed by atoms with Gasteiger partial charge in [0.05, 0.1) is 0 Å². The van der Waals surface area contributed by atoms with Crippen LogP contribution in [0.5, 0.6) is 0 Å². The number of aryl methyl sites for hydroxylation is 1. The van der Waals surface area contributed by atoms with E-state index in [1.165, 1.54) is 22.7 Å². The fraction of sp³-hybridized carbons (Fsp3) is 0.250. The number of nitrogens with zero attached hydrogens (tertiary/aromatic N) is 3. The Bertz CT molecular complexity index is 808. The Balaban J connectivity index is 1.85. The number of halogens is 2. The van der Waals surface area contributed by atoms with Crippen molar-refractivity contribution in [3.05, 3.63) is 50.9 Å². The van der Waals surface area contributed by atoms with Crippen LogP contribution in [0.3, 0.4) is 0 Å². The van der Waals surface area contributed by atoms with Gasteiger partial charge in [0.1, 0.15) is 5.82 Å². The third-order valence-corrected chi connectivity index (χ3v) is 5.64. The normalized spacial score (nSPS) is 11.1. The first-order valence-electron chi connectivity index (χ1n) is 7.14. The Morgan fingerprint density at radius 3 is 2.83 bits per heavy atom. The van der Waals surface area contributed by atoms with Gasteiger partial charge in [-0.2, -0.15) is 0 Å². The maximum atomic E-state index is 13.9. The van der Waals surface area contributed by atoms with Crippen LogP contribution in [0.4, 0.5) is 4.39 Å². The van der Waals surface area contributed by atoms with Gasteiger partial charge in [0.15, 0.2) is 11.0 Å². The average molecular weight is 368 g/mol. The Morgan fingerprint density at radius 2 is 2.17 bits per heavy atom. The molecule has 3 aromatic rings. The van der Waals surface area contributed by atoms with Crippen LogP contribution in [0, 0.1) is 12.7 Å². The topological polar surface area (TPSA) is 30.7 Å². The van der Waals surface area contributed by atoms with E-state index in [1.54, 1.807) is 23.5 Å². The van der Waals surface area contributed by atoms with Crippen LogP contribution in [0.2, 0.25) is 5.02 Å². The molecule has 3 rings (SSSR count). The van der Waals surface area contributed by atoms with Crippen molar-refractivity contribution in [3.8, 4) is 11.4 Å². The Hall–Kier alpha value is -1.37. The number of aromatic nitrogens is 3. The molecule has 0 radical (unpaired) electrons. The average Bonchev–Trinajstić information content (AvgIpc) is 3.12. The van der Waals surface area contributed by atoms with E-state index >= 15 is 0 Å². The molecule has 0 spiro atoms. The van der Waals surface area contributed by atoms with E-state index in [0.29, 0.717) is 16.3 Å². The van der Waals surface area contributed by atoms with Crippen molar-refractivity contribution in [2.24, 2.45) is 0 Å². The zero-order valence-corrected chi connectivity index (χ0v) is 15.1. The highest BCUT2D eigenvalue weighted by atomic mass is 35.5. The minimum absolute atomic E-state index is 0.291. The van der Waals surface area contributed by atoms with Crippen molar-refractivity contribution < 1.29 is 4.39 Å².